The molecule has 1 aliphatic rings. The molecule has 0 saturated carbocycles. The van der Waals surface area contributed by atoms with Crippen LogP contribution in [0, 0.1) is 5.41 Å². The summed E-state index contributed by atoms with van der Waals surface area (Å²) in [5.74, 6) is -0.400. The van der Waals surface area contributed by atoms with E-state index in [1.54, 1.807) is 0 Å². The SMILES string of the molecule is CC1(CN)CCN(CC(=O)NCc2ccc(OC(F)(F)F)cc2)C1. The molecule has 1 amide bonds. The van der Waals surface area contributed by atoms with Crippen LogP contribution in [0.2, 0.25) is 0 Å². The average molecular weight is 345 g/mol. The molecule has 1 atom stereocenters. The summed E-state index contributed by atoms with van der Waals surface area (Å²) in [4.78, 5) is 14.0. The van der Waals surface area contributed by atoms with E-state index in [1.807, 2.05) is 0 Å². The minimum absolute atomic E-state index is 0.0641. The van der Waals surface area contributed by atoms with Crippen LogP contribution in [0.4, 0.5) is 13.2 Å². The summed E-state index contributed by atoms with van der Waals surface area (Å²) in [6.07, 6.45) is -3.74. The highest BCUT2D eigenvalue weighted by atomic mass is 19.4. The van der Waals surface area contributed by atoms with E-state index in [-0.39, 0.29) is 23.6 Å². The fraction of sp³-hybridized carbons (Fsp3) is 0.562. The van der Waals surface area contributed by atoms with Gasteiger partial charge in [-0.25, -0.2) is 0 Å². The smallest absolute Gasteiger partial charge is 0.406 e. The van der Waals surface area contributed by atoms with Crippen molar-refractivity contribution in [2.75, 3.05) is 26.2 Å². The van der Waals surface area contributed by atoms with Gasteiger partial charge in [0.15, 0.2) is 0 Å². The first-order valence-electron chi connectivity index (χ1n) is 7.73. The molecule has 24 heavy (non-hydrogen) atoms. The number of carbonyl (C=O) groups excluding carboxylic acids is 1. The molecule has 1 heterocycles. The predicted octanol–water partition coefficient (Wildman–Crippen LogP) is 1.87. The van der Waals surface area contributed by atoms with Gasteiger partial charge in [0.05, 0.1) is 6.54 Å². The van der Waals surface area contributed by atoms with Crippen LogP contribution in [0.5, 0.6) is 5.75 Å². The number of carbonyl (C=O) groups is 1. The number of rotatable bonds is 6. The van der Waals surface area contributed by atoms with Gasteiger partial charge in [-0.05, 0) is 42.6 Å². The summed E-state index contributed by atoms with van der Waals surface area (Å²) in [7, 11) is 0. The summed E-state index contributed by atoms with van der Waals surface area (Å²) in [6.45, 7) is 4.88. The Labute approximate surface area is 138 Å². The number of nitrogens with two attached hydrogens (primary N) is 1. The fourth-order valence-electron chi connectivity index (χ4n) is 2.70. The largest absolute Gasteiger partial charge is 0.573 e. The molecular weight excluding hydrogens is 323 g/mol. The number of hydrogen-bond donors (Lipinski definition) is 2. The molecule has 1 aromatic rings. The van der Waals surface area contributed by atoms with E-state index in [1.165, 1.54) is 24.3 Å². The topological polar surface area (TPSA) is 67.6 Å². The van der Waals surface area contributed by atoms with Crippen LogP contribution in [-0.4, -0.2) is 43.3 Å². The Morgan fingerprint density at radius 3 is 2.58 bits per heavy atom. The zero-order valence-electron chi connectivity index (χ0n) is 13.5. The maximum Gasteiger partial charge on any atom is 0.573 e. The van der Waals surface area contributed by atoms with Gasteiger partial charge in [0, 0.05) is 13.1 Å². The lowest BCUT2D eigenvalue weighted by Crippen LogP contribution is -2.38. The summed E-state index contributed by atoms with van der Waals surface area (Å²) in [5.41, 5.74) is 6.50. The third kappa shape index (κ3) is 5.68. The van der Waals surface area contributed by atoms with Crippen molar-refractivity contribution in [3.05, 3.63) is 29.8 Å². The molecule has 0 radical (unpaired) electrons. The van der Waals surface area contributed by atoms with Gasteiger partial charge in [-0.2, -0.15) is 0 Å². The van der Waals surface area contributed by atoms with Gasteiger partial charge < -0.3 is 15.8 Å². The second-order valence-electron chi connectivity index (χ2n) is 6.44. The summed E-state index contributed by atoms with van der Waals surface area (Å²) >= 11 is 0. The predicted molar refractivity (Wildman–Crippen MR) is 83.2 cm³/mol. The number of nitrogens with one attached hydrogen (secondary N) is 1. The molecule has 0 bridgehead atoms. The molecule has 3 N–H and O–H groups in total. The van der Waals surface area contributed by atoms with Crippen molar-refractivity contribution in [2.45, 2.75) is 26.3 Å². The lowest BCUT2D eigenvalue weighted by Gasteiger charge is -2.22. The Bertz CT molecular complexity index is 563. The molecule has 1 saturated heterocycles. The standard InChI is InChI=1S/C16H22F3N3O2/c1-15(10-20)6-7-22(11-15)9-14(23)21-8-12-2-4-13(5-3-12)24-16(17,18)19/h2-5H,6-11,20H2,1H3,(H,21,23). The number of ether oxygens (including phenoxy) is 1. The Morgan fingerprint density at radius 1 is 1.38 bits per heavy atom. The van der Waals surface area contributed by atoms with Gasteiger partial charge in [0.25, 0.3) is 0 Å². The van der Waals surface area contributed by atoms with Crippen LogP contribution >= 0.6 is 0 Å². The Hall–Kier alpha value is -1.80. The maximum atomic E-state index is 12.1. The third-order valence-electron chi connectivity index (χ3n) is 4.14. The number of nitrogens with zero attached hydrogens (tertiary/aromatic N) is 1. The van der Waals surface area contributed by atoms with E-state index in [2.05, 4.69) is 21.9 Å². The first kappa shape index (κ1) is 18.5. The van der Waals surface area contributed by atoms with Crippen molar-refractivity contribution in [2.24, 2.45) is 11.1 Å². The molecule has 1 aromatic carbocycles. The summed E-state index contributed by atoms with van der Waals surface area (Å²) < 4.78 is 40.0. The highest BCUT2D eigenvalue weighted by molar-refractivity contribution is 5.78. The third-order valence-corrected chi connectivity index (χ3v) is 4.14. The Kier molecular flexibility index (Phi) is 5.71. The number of benzene rings is 1. The zero-order chi connectivity index (χ0) is 17.8. The van der Waals surface area contributed by atoms with E-state index in [0.717, 1.165) is 19.5 Å². The first-order valence-corrected chi connectivity index (χ1v) is 7.73. The van der Waals surface area contributed by atoms with Gasteiger partial charge in [-0.3, -0.25) is 9.69 Å². The van der Waals surface area contributed by atoms with Gasteiger partial charge >= 0.3 is 6.36 Å². The molecule has 0 aromatic heterocycles. The van der Waals surface area contributed by atoms with E-state index < -0.39 is 6.36 Å². The van der Waals surface area contributed by atoms with Gasteiger partial charge in [0.2, 0.25) is 5.91 Å². The van der Waals surface area contributed by atoms with Crippen LogP contribution < -0.4 is 15.8 Å². The second kappa shape index (κ2) is 7.40. The van der Waals surface area contributed by atoms with Crippen molar-refractivity contribution >= 4 is 5.91 Å². The van der Waals surface area contributed by atoms with E-state index in [4.69, 9.17) is 5.73 Å². The van der Waals surface area contributed by atoms with Crippen LogP contribution in [-0.2, 0) is 11.3 Å². The van der Waals surface area contributed by atoms with E-state index in [9.17, 15) is 18.0 Å². The van der Waals surface area contributed by atoms with E-state index in [0.29, 0.717) is 18.7 Å². The van der Waals surface area contributed by atoms with Crippen LogP contribution in [0.25, 0.3) is 0 Å². The minimum Gasteiger partial charge on any atom is -0.406 e. The van der Waals surface area contributed by atoms with Crippen molar-refractivity contribution in [3.8, 4) is 5.75 Å². The molecule has 1 aliphatic heterocycles. The minimum atomic E-state index is -4.70. The second-order valence-corrected chi connectivity index (χ2v) is 6.44. The number of likely N-dealkylation sites (tertiary alicyclic amines) is 1. The molecule has 0 spiro atoms. The number of hydrogen-bond acceptors (Lipinski definition) is 4. The molecular formula is C16H22F3N3O2. The molecule has 8 heteroatoms. The molecule has 1 unspecified atom stereocenters. The maximum absolute atomic E-state index is 12.1. The van der Waals surface area contributed by atoms with Crippen molar-refractivity contribution in [1.82, 2.24) is 10.2 Å². The first-order chi connectivity index (χ1) is 11.2. The zero-order valence-corrected chi connectivity index (χ0v) is 13.5. The summed E-state index contributed by atoms with van der Waals surface area (Å²) in [5, 5.41) is 2.76. The molecule has 2 rings (SSSR count). The lowest BCUT2D eigenvalue weighted by molar-refractivity contribution is -0.274. The van der Waals surface area contributed by atoms with Crippen LogP contribution in [0.1, 0.15) is 18.9 Å². The molecule has 0 aliphatic carbocycles. The average Bonchev–Trinajstić information content (AvgIpc) is 2.87. The number of amides is 1. The lowest BCUT2D eigenvalue weighted by atomic mass is 9.90. The highest BCUT2D eigenvalue weighted by Gasteiger charge is 2.33. The van der Waals surface area contributed by atoms with Crippen molar-refractivity contribution in [3.63, 3.8) is 0 Å². The van der Waals surface area contributed by atoms with E-state index >= 15 is 0 Å². The van der Waals surface area contributed by atoms with Crippen molar-refractivity contribution in [1.29, 1.82) is 0 Å². The molecule has 134 valence electrons. The Morgan fingerprint density at radius 2 is 2.04 bits per heavy atom. The van der Waals surface area contributed by atoms with Gasteiger partial charge in [-0.15, -0.1) is 13.2 Å². The number of alkyl halides is 3. The molecule has 1 fully saturated rings. The Balaban J connectivity index is 1.76. The quantitative estimate of drug-likeness (QED) is 0.826. The van der Waals surface area contributed by atoms with Crippen LogP contribution in [0.15, 0.2) is 24.3 Å². The monoisotopic (exact) mass is 345 g/mol. The van der Waals surface area contributed by atoms with Crippen LogP contribution in [0.3, 0.4) is 0 Å². The molecule has 5 nitrogen and oxygen atoms in total. The summed E-state index contributed by atoms with van der Waals surface area (Å²) in [6, 6.07) is 5.43. The van der Waals surface area contributed by atoms with Gasteiger partial charge in [0.1, 0.15) is 5.75 Å². The highest BCUT2D eigenvalue weighted by Crippen LogP contribution is 2.28. The number of halogens is 3. The fourth-order valence-corrected chi connectivity index (χ4v) is 2.70. The normalized spacial score (nSPS) is 21.7. The van der Waals surface area contributed by atoms with Crippen molar-refractivity contribution < 1.29 is 22.7 Å². The van der Waals surface area contributed by atoms with Gasteiger partial charge in [-0.1, -0.05) is 19.1 Å².